The number of carbonyl (C=O) groups excluding carboxylic acids is 2. The number of halogens is 1. The summed E-state index contributed by atoms with van der Waals surface area (Å²) in [5, 5.41) is 13.7. The summed E-state index contributed by atoms with van der Waals surface area (Å²) in [6.45, 7) is 1.40. The zero-order chi connectivity index (χ0) is 19.6. The normalized spacial score (nSPS) is 14.7. The Labute approximate surface area is 161 Å². The predicted octanol–water partition coefficient (Wildman–Crippen LogP) is 3.66. The van der Waals surface area contributed by atoms with Crippen molar-refractivity contribution in [1.82, 2.24) is 0 Å². The van der Waals surface area contributed by atoms with E-state index in [0.717, 1.165) is 0 Å². The molecule has 2 aromatic carbocycles. The summed E-state index contributed by atoms with van der Waals surface area (Å²) in [7, 11) is 0. The molecule has 1 N–H and O–H groups in total. The first-order valence-corrected chi connectivity index (χ1v) is 8.47. The van der Waals surface area contributed by atoms with Crippen LogP contribution in [-0.4, -0.2) is 22.7 Å². The molecule has 3 rings (SSSR count). The first kappa shape index (κ1) is 18.5. The number of ether oxygens (including phenoxy) is 1. The average molecular weight is 430 g/mol. The van der Waals surface area contributed by atoms with Crippen molar-refractivity contribution in [3.8, 4) is 0 Å². The minimum absolute atomic E-state index is 0.0348. The Morgan fingerprint density at radius 2 is 1.96 bits per heavy atom. The number of carbonyl (C=O) groups is 2. The van der Waals surface area contributed by atoms with Gasteiger partial charge in [0.15, 0.2) is 5.70 Å². The standard InChI is InChI=1S/C18H12BrN3O5/c1-10(23)20-13-5-3-12(4-6-13)17-21-15(18(24)27-17)8-11-2-7-14(19)16(9-11)22(25)26/h2-9H,1H3,(H,20,23). The molecule has 0 aliphatic carbocycles. The van der Waals surface area contributed by atoms with Gasteiger partial charge in [-0.3, -0.25) is 14.9 Å². The molecule has 27 heavy (non-hydrogen) atoms. The number of nitrogens with one attached hydrogen (secondary N) is 1. The summed E-state index contributed by atoms with van der Waals surface area (Å²) in [5.74, 6) is -0.727. The lowest BCUT2D eigenvalue weighted by Crippen LogP contribution is -2.07. The van der Waals surface area contributed by atoms with E-state index in [1.165, 1.54) is 25.1 Å². The number of cyclic esters (lactones) is 1. The largest absolute Gasteiger partial charge is 0.402 e. The van der Waals surface area contributed by atoms with E-state index in [-0.39, 0.29) is 23.2 Å². The molecule has 0 unspecified atom stereocenters. The number of nitro benzene ring substituents is 1. The molecule has 1 aliphatic rings. The highest BCUT2D eigenvalue weighted by Gasteiger charge is 2.24. The van der Waals surface area contributed by atoms with Gasteiger partial charge in [0.1, 0.15) is 0 Å². The van der Waals surface area contributed by atoms with Crippen LogP contribution in [0.25, 0.3) is 6.08 Å². The fraction of sp³-hybridized carbons (Fsp3) is 0.0556. The highest BCUT2D eigenvalue weighted by atomic mass is 79.9. The molecule has 0 bridgehead atoms. The summed E-state index contributed by atoms with van der Waals surface area (Å²) in [6, 6.07) is 11.1. The van der Waals surface area contributed by atoms with Crippen LogP contribution in [0.3, 0.4) is 0 Å². The van der Waals surface area contributed by atoms with Crippen molar-refractivity contribution in [1.29, 1.82) is 0 Å². The molecule has 0 saturated carbocycles. The van der Waals surface area contributed by atoms with Gasteiger partial charge < -0.3 is 10.1 Å². The number of nitro groups is 1. The number of hydrogen-bond acceptors (Lipinski definition) is 6. The fourth-order valence-electron chi connectivity index (χ4n) is 2.35. The van der Waals surface area contributed by atoms with Gasteiger partial charge in [-0.25, -0.2) is 9.79 Å². The number of benzene rings is 2. The Hall–Kier alpha value is -3.33. The van der Waals surface area contributed by atoms with Crippen LogP contribution in [0.15, 0.2) is 57.6 Å². The summed E-state index contributed by atoms with van der Waals surface area (Å²) in [5.41, 5.74) is 1.53. The Morgan fingerprint density at radius 1 is 1.26 bits per heavy atom. The van der Waals surface area contributed by atoms with Gasteiger partial charge in [-0.05, 0) is 57.9 Å². The first-order chi connectivity index (χ1) is 12.8. The molecule has 2 aromatic rings. The van der Waals surface area contributed by atoms with Crippen molar-refractivity contribution in [2.24, 2.45) is 4.99 Å². The van der Waals surface area contributed by atoms with E-state index in [1.807, 2.05) is 0 Å². The van der Waals surface area contributed by atoms with Crippen molar-refractivity contribution in [3.63, 3.8) is 0 Å². The fourth-order valence-corrected chi connectivity index (χ4v) is 2.74. The first-order valence-electron chi connectivity index (χ1n) is 7.68. The molecule has 0 saturated heterocycles. The molecule has 8 nitrogen and oxygen atoms in total. The van der Waals surface area contributed by atoms with E-state index in [0.29, 0.717) is 21.3 Å². The molecule has 1 aliphatic heterocycles. The van der Waals surface area contributed by atoms with E-state index in [2.05, 4.69) is 26.2 Å². The second kappa shape index (κ2) is 7.50. The van der Waals surface area contributed by atoms with Crippen LogP contribution in [0.4, 0.5) is 11.4 Å². The topological polar surface area (TPSA) is 111 Å². The number of nitrogens with zero attached hydrogens (tertiary/aromatic N) is 2. The third-order valence-electron chi connectivity index (χ3n) is 3.54. The molecule has 0 radical (unpaired) electrons. The van der Waals surface area contributed by atoms with E-state index in [9.17, 15) is 19.7 Å². The number of aliphatic imine (C=N–C) groups is 1. The lowest BCUT2D eigenvalue weighted by atomic mass is 10.1. The smallest absolute Gasteiger partial charge is 0.363 e. The van der Waals surface area contributed by atoms with Crippen molar-refractivity contribution in [3.05, 3.63) is 73.9 Å². The molecule has 0 aromatic heterocycles. The molecule has 1 amide bonds. The Bertz CT molecular complexity index is 1010. The average Bonchev–Trinajstić information content (AvgIpc) is 2.97. The maximum Gasteiger partial charge on any atom is 0.363 e. The molecule has 0 fully saturated rings. The third kappa shape index (κ3) is 4.26. The maximum atomic E-state index is 12.1. The number of esters is 1. The van der Waals surface area contributed by atoms with Crippen LogP contribution in [-0.2, 0) is 14.3 Å². The van der Waals surface area contributed by atoms with Gasteiger partial charge in [0.25, 0.3) is 5.69 Å². The van der Waals surface area contributed by atoms with Crippen LogP contribution < -0.4 is 5.32 Å². The molecular formula is C18H12BrN3O5. The Balaban J connectivity index is 1.88. The molecule has 0 atom stereocenters. The van der Waals surface area contributed by atoms with Gasteiger partial charge in [-0.2, -0.15) is 0 Å². The monoisotopic (exact) mass is 429 g/mol. The van der Waals surface area contributed by atoms with Crippen LogP contribution in [0.2, 0.25) is 0 Å². The minimum atomic E-state index is -0.651. The van der Waals surface area contributed by atoms with Crippen LogP contribution in [0.5, 0.6) is 0 Å². The van der Waals surface area contributed by atoms with Gasteiger partial charge in [-0.15, -0.1) is 0 Å². The van der Waals surface area contributed by atoms with Crippen molar-refractivity contribution in [2.75, 3.05) is 5.32 Å². The number of anilines is 1. The predicted molar refractivity (Wildman–Crippen MR) is 102 cm³/mol. The van der Waals surface area contributed by atoms with E-state index in [4.69, 9.17) is 4.74 Å². The van der Waals surface area contributed by atoms with Gasteiger partial charge in [0, 0.05) is 24.2 Å². The number of hydrogen-bond donors (Lipinski definition) is 1. The zero-order valence-electron chi connectivity index (χ0n) is 13.9. The third-order valence-corrected chi connectivity index (χ3v) is 4.21. The number of amides is 1. The quantitative estimate of drug-likeness (QED) is 0.345. The van der Waals surface area contributed by atoms with Gasteiger partial charge in [-0.1, -0.05) is 6.07 Å². The van der Waals surface area contributed by atoms with Crippen LogP contribution in [0.1, 0.15) is 18.1 Å². The van der Waals surface area contributed by atoms with Crippen LogP contribution in [0, 0.1) is 10.1 Å². The molecule has 1 heterocycles. The molecule has 0 spiro atoms. The van der Waals surface area contributed by atoms with Gasteiger partial charge in [0.05, 0.1) is 9.40 Å². The number of rotatable bonds is 4. The van der Waals surface area contributed by atoms with Crippen molar-refractivity contribution >= 4 is 51.2 Å². The second-order valence-electron chi connectivity index (χ2n) is 5.56. The van der Waals surface area contributed by atoms with Crippen molar-refractivity contribution in [2.45, 2.75) is 6.92 Å². The lowest BCUT2D eigenvalue weighted by Gasteiger charge is -2.03. The van der Waals surface area contributed by atoms with Gasteiger partial charge >= 0.3 is 5.97 Å². The highest BCUT2D eigenvalue weighted by molar-refractivity contribution is 9.10. The highest BCUT2D eigenvalue weighted by Crippen LogP contribution is 2.27. The zero-order valence-corrected chi connectivity index (χ0v) is 15.5. The molecule has 9 heteroatoms. The Morgan fingerprint density at radius 3 is 2.59 bits per heavy atom. The summed E-state index contributed by atoms with van der Waals surface area (Å²) < 4.78 is 5.51. The summed E-state index contributed by atoms with van der Waals surface area (Å²) in [6.07, 6.45) is 1.42. The Kier molecular flexibility index (Phi) is 5.13. The molecular weight excluding hydrogens is 418 g/mol. The van der Waals surface area contributed by atoms with Crippen LogP contribution >= 0.6 is 15.9 Å². The summed E-state index contributed by atoms with van der Waals surface area (Å²) in [4.78, 5) is 37.8. The van der Waals surface area contributed by atoms with E-state index >= 15 is 0 Å². The molecule has 136 valence electrons. The van der Waals surface area contributed by atoms with E-state index < -0.39 is 10.9 Å². The van der Waals surface area contributed by atoms with Crippen molar-refractivity contribution < 1.29 is 19.2 Å². The summed E-state index contributed by atoms with van der Waals surface area (Å²) >= 11 is 3.11. The second-order valence-corrected chi connectivity index (χ2v) is 6.42. The maximum absolute atomic E-state index is 12.1. The van der Waals surface area contributed by atoms with E-state index in [1.54, 1.807) is 30.3 Å². The SMILES string of the molecule is CC(=O)Nc1ccc(C2=NC(=Cc3ccc(Br)c([N+](=O)[O-])c3)C(=O)O2)cc1. The minimum Gasteiger partial charge on any atom is -0.402 e. The van der Waals surface area contributed by atoms with Gasteiger partial charge in [0.2, 0.25) is 11.8 Å². The lowest BCUT2D eigenvalue weighted by molar-refractivity contribution is -0.385.